The van der Waals surface area contributed by atoms with Crippen molar-refractivity contribution >= 4 is 17.0 Å². The molecule has 3 N–H and O–H groups in total. The minimum Gasteiger partial charge on any atom is -0.465 e. The van der Waals surface area contributed by atoms with Gasteiger partial charge in [0.25, 0.3) is 0 Å². The molecule has 2 heterocycles. The molecular weight excluding hydrogens is 402 g/mol. The van der Waals surface area contributed by atoms with Crippen LogP contribution in [0.15, 0.2) is 72.9 Å². The molecule has 6 nitrogen and oxygen atoms in total. The number of nitrogens with zero attached hydrogens (tertiary/aromatic N) is 2. The number of pyridine rings is 2. The van der Waals surface area contributed by atoms with Crippen LogP contribution in [0.25, 0.3) is 33.3 Å². The molecule has 160 valence electrons. The van der Waals surface area contributed by atoms with E-state index in [0.717, 1.165) is 58.1 Å². The lowest BCUT2D eigenvalue weighted by atomic mass is 9.71. The fourth-order valence-corrected chi connectivity index (χ4v) is 4.50. The molecule has 2 aromatic carbocycles. The Morgan fingerprint density at radius 1 is 1.00 bits per heavy atom. The van der Waals surface area contributed by atoms with E-state index in [0.29, 0.717) is 5.69 Å². The Hall–Kier alpha value is -3.77. The number of fused-ring (bicyclic) bond motifs is 1. The molecular formula is C26H23N3O3. The molecule has 0 unspecified atom stereocenters. The highest BCUT2D eigenvalue weighted by Gasteiger charge is 2.40. The summed E-state index contributed by atoms with van der Waals surface area (Å²) in [6.07, 6.45) is 3.28. The summed E-state index contributed by atoms with van der Waals surface area (Å²) < 4.78 is 0. The second kappa shape index (κ2) is 8.05. The number of aliphatic hydroxyl groups excluding tert-OH is 1. The zero-order chi connectivity index (χ0) is 22.1. The Kier molecular flexibility index (Phi) is 5.07. The van der Waals surface area contributed by atoms with Gasteiger partial charge in [0.15, 0.2) is 0 Å². The van der Waals surface area contributed by atoms with Crippen molar-refractivity contribution in [3.63, 3.8) is 0 Å². The molecule has 2 aromatic heterocycles. The second-order valence-corrected chi connectivity index (χ2v) is 8.18. The number of benzene rings is 2. The minimum atomic E-state index is -0.996. The first-order valence-corrected chi connectivity index (χ1v) is 10.7. The monoisotopic (exact) mass is 425 g/mol. The Bertz CT molecular complexity index is 1280. The highest BCUT2D eigenvalue weighted by atomic mass is 16.4. The average molecular weight is 425 g/mol. The number of nitrogens with one attached hydrogen (secondary N) is 1. The molecule has 5 rings (SSSR count). The molecule has 0 radical (unpaired) electrons. The number of carbonyl (C=O) groups is 1. The Morgan fingerprint density at radius 2 is 1.75 bits per heavy atom. The van der Waals surface area contributed by atoms with E-state index >= 15 is 0 Å². The highest BCUT2D eigenvalue weighted by Crippen LogP contribution is 2.42. The first-order valence-electron chi connectivity index (χ1n) is 10.7. The van der Waals surface area contributed by atoms with Gasteiger partial charge in [-0.1, -0.05) is 54.6 Å². The zero-order valence-corrected chi connectivity index (χ0v) is 17.5. The van der Waals surface area contributed by atoms with E-state index in [1.54, 1.807) is 6.20 Å². The van der Waals surface area contributed by atoms with Gasteiger partial charge in [-0.2, -0.15) is 0 Å². The van der Waals surface area contributed by atoms with E-state index in [2.05, 4.69) is 10.3 Å². The van der Waals surface area contributed by atoms with Gasteiger partial charge in [-0.3, -0.25) is 4.98 Å². The van der Waals surface area contributed by atoms with E-state index in [1.807, 2.05) is 66.7 Å². The third kappa shape index (κ3) is 3.48. The van der Waals surface area contributed by atoms with Crippen LogP contribution in [0.1, 0.15) is 30.5 Å². The van der Waals surface area contributed by atoms with Gasteiger partial charge in [0.2, 0.25) is 0 Å². The Labute approximate surface area is 185 Å². The number of hydrogen-bond donors (Lipinski definition) is 3. The van der Waals surface area contributed by atoms with Gasteiger partial charge in [0.1, 0.15) is 0 Å². The second-order valence-electron chi connectivity index (χ2n) is 8.18. The molecule has 1 aliphatic rings. The lowest BCUT2D eigenvalue weighted by Gasteiger charge is -2.42. The molecule has 6 heteroatoms. The maximum absolute atomic E-state index is 11.3. The summed E-state index contributed by atoms with van der Waals surface area (Å²) in [5.74, 6) is 0. The van der Waals surface area contributed by atoms with Crippen LogP contribution in [0, 0.1) is 0 Å². The van der Waals surface area contributed by atoms with Crippen molar-refractivity contribution in [2.45, 2.75) is 31.4 Å². The summed E-state index contributed by atoms with van der Waals surface area (Å²) in [6, 6.07) is 21.9. The van der Waals surface area contributed by atoms with Crippen molar-refractivity contribution in [2.75, 3.05) is 0 Å². The zero-order valence-electron chi connectivity index (χ0n) is 17.5. The number of amides is 1. The molecule has 0 spiro atoms. The summed E-state index contributed by atoms with van der Waals surface area (Å²) in [5, 5.41) is 22.6. The molecule has 0 atom stereocenters. The molecule has 1 amide bonds. The third-order valence-corrected chi connectivity index (χ3v) is 6.32. The summed E-state index contributed by atoms with van der Waals surface area (Å²) >= 11 is 0. The van der Waals surface area contributed by atoms with Crippen LogP contribution >= 0.6 is 0 Å². The van der Waals surface area contributed by atoms with Gasteiger partial charge in [-0.15, -0.1) is 0 Å². The highest BCUT2D eigenvalue weighted by molar-refractivity contribution is 5.92. The van der Waals surface area contributed by atoms with E-state index in [-0.39, 0.29) is 6.61 Å². The molecule has 4 aromatic rings. The SMILES string of the molecule is O=C(O)NC1(c2ccc(-c3nc4ccnc(CO)c4cc3-c3ccccc3)cc2)CCC1. The lowest BCUT2D eigenvalue weighted by Crippen LogP contribution is -2.50. The summed E-state index contributed by atoms with van der Waals surface area (Å²) in [4.78, 5) is 20.5. The van der Waals surface area contributed by atoms with Crippen molar-refractivity contribution in [3.8, 4) is 22.4 Å². The van der Waals surface area contributed by atoms with E-state index in [9.17, 15) is 15.0 Å². The van der Waals surface area contributed by atoms with Crippen LogP contribution in [0.5, 0.6) is 0 Å². The van der Waals surface area contributed by atoms with E-state index in [1.165, 1.54) is 0 Å². The topological polar surface area (TPSA) is 95.3 Å². The molecule has 1 saturated carbocycles. The minimum absolute atomic E-state index is 0.153. The summed E-state index contributed by atoms with van der Waals surface area (Å²) in [6.45, 7) is -0.153. The van der Waals surface area contributed by atoms with Crippen LogP contribution in [-0.4, -0.2) is 26.3 Å². The van der Waals surface area contributed by atoms with Gasteiger partial charge in [0, 0.05) is 22.7 Å². The van der Waals surface area contributed by atoms with Crippen molar-refractivity contribution in [1.29, 1.82) is 0 Å². The maximum Gasteiger partial charge on any atom is 0.405 e. The van der Waals surface area contributed by atoms with Crippen molar-refractivity contribution < 1.29 is 15.0 Å². The third-order valence-electron chi connectivity index (χ3n) is 6.32. The lowest BCUT2D eigenvalue weighted by molar-refractivity contribution is 0.144. The Balaban J connectivity index is 1.64. The average Bonchev–Trinajstić information content (AvgIpc) is 2.80. The van der Waals surface area contributed by atoms with Crippen molar-refractivity contribution in [1.82, 2.24) is 15.3 Å². The first kappa shape index (κ1) is 20.2. The van der Waals surface area contributed by atoms with Gasteiger partial charge in [-0.05, 0) is 42.5 Å². The molecule has 0 bridgehead atoms. The van der Waals surface area contributed by atoms with Crippen molar-refractivity contribution in [2.24, 2.45) is 0 Å². The predicted molar refractivity (Wildman–Crippen MR) is 123 cm³/mol. The van der Waals surface area contributed by atoms with Crippen LogP contribution < -0.4 is 5.32 Å². The summed E-state index contributed by atoms with van der Waals surface area (Å²) in [7, 11) is 0. The normalized spacial score (nSPS) is 14.7. The van der Waals surface area contributed by atoms with E-state index in [4.69, 9.17) is 4.98 Å². The number of aliphatic hydroxyl groups is 1. The summed E-state index contributed by atoms with van der Waals surface area (Å²) in [5.41, 5.74) is 5.61. The molecule has 32 heavy (non-hydrogen) atoms. The van der Waals surface area contributed by atoms with Crippen LogP contribution in [0.3, 0.4) is 0 Å². The van der Waals surface area contributed by atoms with Gasteiger partial charge >= 0.3 is 6.09 Å². The Morgan fingerprint density at radius 3 is 2.38 bits per heavy atom. The first-order chi connectivity index (χ1) is 15.6. The largest absolute Gasteiger partial charge is 0.465 e. The van der Waals surface area contributed by atoms with Crippen molar-refractivity contribution in [3.05, 3.63) is 84.2 Å². The fourth-order valence-electron chi connectivity index (χ4n) is 4.50. The standard InChI is InChI=1S/C26H23N3O3/c30-16-23-21-15-20(17-5-2-1-3-6-17)24(28-22(21)11-14-27-23)18-7-9-19(10-8-18)26(12-4-13-26)29-25(31)32/h1-3,5-11,14-15,29-30H,4,12-13,16H2,(H,31,32). The van der Waals surface area contributed by atoms with Crippen LogP contribution in [0.2, 0.25) is 0 Å². The number of aromatic nitrogens is 2. The molecule has 1 fully saturated rings. The van der Waals surface area contributed by atoms with Crippen LogP contribution in [-0.2, 0) is 12.1 Å². The van der Waals surface area contributed by atoms with Crippen LogP contribution in [0.4, 0.5) is 4.79 Å². The number of carboxylic acid groups (broad SMARTS) is 1. The van der Waals surface area contributed by atoms with Gasteiger partial charge in [-0.25, -0.2) is 9.78 Å². The number of rotatable bonds is 5. The van der Waals surface area contributed by atoms with Gasteiger partial charge < -0.3 is 15.5 Å². The molecule has 0 saturated heterocycles. The molecule has 0 aliphatic heterocycles. The van der Waals surface area contributed by atoms with Gasteiger partial charge in [0.05, 0.1) is 29.1 Å². The smallest absolute Gasteiger partial charge is 0.405 e. The predicted octanol–water partition coefficient (Wildman–Crippen LogP) is 5.10. The molecule has 1 aliphatic carbocycles. The maximum atomic E-state index is 11.3. The quantitative estimate of drug-likeness (QED) is 0.413. The fraction of sp³-hybridized carbons (Fsp3) is 0.192. The van der Waals surface area contributed by atoms with E-state index < -0.39 is 11.6 Å². The number of hydrogen-bond acceptors (Lipinski definition) is 4.